The zero-order valence-electron chi connectivity index (χ0n) is 13.8. The molecule has 0 aromatic heterocycles. The second-order valence-corrected chi connectivity index (χ2v) is 6.11. The predicted octanol–water partition coefficient (Wildman–Crippen LogP) is 3.85. The number of nitrogens with zero attached hydrogens (tertiary/aromatic N) is 1. The van der Waals surface area contributed by atoms with Gasteiger partial charge in [-0.25, -0.2) is 0 Å². The Morgan fingerprint density at radius 1 is 1.00 bits per heavy atom. The molecule has 2 nitrogen and oxygen atoms in total. The maximum absolute atomic E-state index is 11.6. The van der Waals surface area contributed by atoms with Gasteiger partial charge in [0.05, 0.1) is 0 Å². The Hall–Kier alpha value is -1.35. The smallest absolute Gasteiger partial charge is 0.119 e. The lowest BCUT2D eigenvalue weighted by atomic mass is 9.75. The molecule has 0 bridgehead atoms. The van der Waals surface area contributed by atoms with Gasteiger partial charge < -0.3 is 10.0 Å². The standard InChI is InChI=1S/C19H25NO.ClH/c1-15-10-8-9-13-18(15)19(21,16(2)14-20(3)4)17-11-6-5-7-12-17;/h5-13,16,21H,14H2,1-4H3;1H. The van der Waals surface area contributed by atoms with Gasteiger partial charge in [-0.05, 0) is 37.7 Å². The molecule has 0 radical (unpaired) electrons. The van der Waals surface area contributed by atoms with Crippen molar-refractivity contribution in [1.82, 2.24) is 4.90 Å². The monoisotopic (exact) mass is 319 g/mol. The highest BCUT2D eigenvalue weighted by Gasteiger charge is 2.38. The fourth-order valence-electron chi connectivity index (χ4n) is 3.08. The second kappa shape index (κ2) is 7.77. The molecule has 0 aliphatic carbocycles. The highest BCUT2D eigenvalue weighted by atomic mass is 35.5. The summed E-state index contributed by atoms with van der Waals surface area (Å²) in [6.07, 6.45) is 0. The topological polar surface area (TPSA) is 23.5 Å². The van der Waals surface area contributed by atoms with Crippen LogP contribution in [0.3, 0.4) is 0 Å². The summed E-state index contributed by atoms with van der Waals surface area (Å²) in [5.74, 6) is 0.0796. The van der Waals surface area contributed by atoms with Gasteiger partial charge in [-0.3, -0.25) is 0 Å². The minimum atomic E-state index is -0.975. The van der Waals surface area contributed by atoms with Crippen LogP contribution in [0.5, 0.6) is 0 Å². The lowest BCUT2D eigenvalue weighted by Crippen LogP contribution is -2.40. The summed E-state index contributed by atoms with van der Waals surface area (Å²) in [6.45, 7) is 4.99. The van der Waals surface area contributed by atoms with E-state index in [4.69, 9.17) is 0 Å². The average molecular weight is 320 g/mol. The Kier molecular flexibility index (Phi) is 6.61. The van der Waals surface area contributed by atoms with Crippen LogP contribution in [-0.4, -0.2) is 30.6 Å². The molecule has 2 aromatic rings. The Bertz CT molecular complexity index is 585. The van der Waals surface area contributed by atoms with E-state index in [9.17, 15) is 5.11 Å². The fraction of sp³-hybridized carbons (Fsp3) is 0.368. The van der Waals surface area contributed by atoms with Crippen molar-refractivity contribution in [2.24, 2.45) is 5.92 Å². The van der Waals surface area contributed by atoms with Crippen LogP contribution in [0.15, 0.2) is 54.6 Å². The lowest BCUT2D eigenvalue weighted by Gasteiger charge is -2.37. The number of halogens is 1. The Balaban J connectivity index is 0.00000242. The quantitative estimate of drug-likeness (QED) is 0.905. The summed E-state index contributed by atoms with van der Waals surface area (Å²) < 4.78 is 0. The molecule has 0 heterocycles. The van der Waals surface area contributed by atoms with Crippen molar-refractivity contribution in [1.29, 1.82) is 0 Å². The molecule has 0 aliphatic rings. The van der Waals surface area contributed by atoms with Crippen molar-refractivity contribution < 1.29 is 5.11 Å². The number of rotatable bonds is 5. The average Bonchev–Trinajstić information content (AvgIpc) is 2.47. The van der Waals surface area contributed by atoms with Crippen molar-refractivity contribution in [3.8, 4) is 0 Å². The molecular weight excluding hydrogens is 294 g/mol. The summed E-state index contributed by atoms with van der Waals surface area (Å²) in [6, 6.07) is 18.1. The van der Waals surface area contributed by atoms with Crippen molar-refractivity contribution in [3.63, 3.8) is 0 Å². The van der Waals surface area contributed by atoms with E-state index in [0.29, 0.717) is 0 Å². The first-order chi connectivity index (χ1) is 9.96. The summed E-state index contributed by atoms with van der Waals surface area (Å²) in [4.78, 5) is 2.12. The number of hydrogen-bond acceptors (Lipinski definition) is 2. The van der Waals surface area contributed by atoms with Gasteiger partial charge in [0.1, 0.15) is 5.60 Å². The van der Waals surface area contributed by atoms with Gasteiger partial charge in [0.15, 0.2) is 0 Å². The zero-order valence-corrected chi connectivity index (χ0v) is 14.6. The van der Waals surface area contributed by atoms with Crippen LogP contribution < -0.4 is 0 Å². The third kappa shape index (κ3) is 3.70. The van der Waals surface area contributed by atoms with Crippen LogP contribution in [0.1, 0.15) is 23.6 Å². The van der Waals surface area contributed by atoms with E-state index < -0.39 is 5.60 Å². The number of aliphatic hydroxyl groups is 1. The lowest BCUT2D eigenvalue weighted by molar-refractivity contribution is 0.0129. The van der Waals surface area contributed by atoms with E-state index >= 15 is 0 Å². The van der Waals surface area contributed by atoms with Crippen LogP contribution in [0.4, 0.5) is 0 Å². The highest BCUT2D eigenvalue weighted by Crippen LogP contribution is 2.38. The first-order valence-electron chi connectivity index (χ1n) is 7.45. The molecular formula is C19H26ClNO. The van der Waals surface area contributed by atoms with Gasteiger partial charge >= 0.3 is 0 Å². The number of aryl methyl sites for hydroxylation is 1. The van der Waals surface area contributed by atoms with Gasteiger partial charge in [0, 0.05) is 12.5 Å². The first-order valence-corrected chi connectivity index (χ1v) is 7.45. The molecule has 0 fully saturated rings. The third-order valence-electron chi connectivity index (χ3n) is 4.12. The molecule has 2 unspecified atom stereocenters. The van der Waals surface area contributed by atoms with Gasteiger partial charge in [-0.1, -0.05) is 61.5 Å². The third-order valence-corrected chi connectivity index (χ3v) is 4.12. The SMILES string of the molecule is Cc1ccccc1C(O)(c1ccccc1)C(C)CN(C)C.Cl. The minimum Gasteiger partial charge on any atom is -0.380 e. The van der Waals surface area contributed by atoms with E-state index in [1.807, 2.05) is 62.6 Å². The molecule has 3 heteroatoms. The highest BCUT2D eigenvalue weighted by molar-refractivity contribution is 5.85. The predicted molar refractivity (Wildman–Crippen MR) is 95.6 cm³/mol. The van der Waals surface area contributed by atoms with E-state index in [1.165, 1.54) is 0 Å². The number of hydrogen-bond donors (Lipinski definition) is 1. The van der Waals surface area contributed by atoms with Crippen LogP contribution in [0.25, 0.3) is 0 Å². The van der Waals surface area contributed by atoms with Crippen molar-refractivity contribution in [2.75, 3.05) is 20.6 Å². The molecule has 2 atom stereocenters. The molecule has 120 valence electrons. The molecule has 0 saturated heterocycles. The van der Waals surface area contributed by atoms with Crippen LogP contribution in [0.2, 0.25) is 0 Å². The molecule has 2 aromatic carbocycles. The van der Waals surface area contributed by atoms with E-state index in [-0.39, 0.29) is 18.3 Å². The molecule has 1 N–H and O–H groups in total. The summed E-state index contributed by atoms with van der Waals surface area (Å²) in [7, 11) is 4.08. The van der Waals surface area contributed by atoms with Crippen LogP contribution in [0, 0.1) is 12.8 Å². The summed E-state index contributed by atoms with van der Waals surface area (Å²) in [5, 5.41) is 11.6. The molecule has 0 aliphatic heterocycles. The Morgan fingerprint density at radius 3 is 2.09 bits per heavy atom. The van der Waals surface area contributed by atoms with Gasteiger partial charge in [-0.15, -0.1) is 12.4 Å². The first kappa shape index (κ1) is 18.7. The molecule has 2 rings (SSSR count). The molecule has 0 amide bonds. The molecule has 0 spiro atoms. The fourth-order valence-corrected chi connectivity index (χ4v) is 3.08. The molecule has 0 saturated carbocycles. The molecule has 22 heavy (non-hydrogen) atoms. The van der Waals surface area contributed by atoms with Crippen LogP contribution in [-0.2, 0) is 5.60 Å². The van der Waals surface area contributed by atoms with Crippen LogP contribution >= 0.6 is 12.4 Å². The van der Waals surface area contributed by atoms with E-state index in [0.717, 1.165) is 23.2 Å². The minimum absolute atomic E-state index is 0. The van der Waals surface area contributed by atoms with E-state index in [1.54, 1.807) is 0 Å². The van der Waals surface area contributed by atoms with Gasteiger partial charge in [0.2, 0.25) is 0 Å². The van der Waals surface area contributed by atoms with Gasteiger partial charge in [-0.2, -0.15) is 0 Å². The van der Waals surface area contributed by atoms with E-state index in [2.05, 4.69) is 24.8 Å². The maximum Gasteiger partial charge on any atom is 0.119 e. The second-order valence-electron chi connectivity index (χ2n) is 6.11. The Morgan fingerprint density at radius 2 is 1.55 bits per heavy atom. The normalized spacial score (nSPS) is 15.0. The summed E-state index contributed by atoms with van der Waals surface area (Å²) in [5.41, 5.74) is 2.09. The van der Waals surface area contributed by atoms with Crippen molar-refractivity contribution in [2.45, 2.75) is 19.4 Å². The van der Waals surface area contributed by atoms with Crippen molar-refractivity contribution in [3.05, 3.63) is 71.3 Å². The zero-order chi connectivity index (χ0) is 15.5. The summed E-state index contributed by atoms with van der Waals surface area (Å²) >= 11 is 0. The van der Waals surface area contributed by atoms with Gasteiger partial charge in [0.25, 0.3) is 0 Å². The van der Waals surface area contributed by atoms with Crippen molar-refractivity contribution >= 4 is 12.4 Å². The Labute approximate surface area is 140 Å². The maximum atomic E-state index is 11.6. The largest absolute Gasteiger partial charge is 0.380 e. The number of benzene rings is 2.